The number of hydrogen-bond acceptors (Lipinski definition) is 5. The van der Waals surface area contributed by atoms with Gasteiger partial charge in [-0.25, -0.2) is 9.48 Å². The summed E-state index contributed by atoms with van der Waals surface area (Å²) in [6.07, 6.45) is 1.46. The number of carbonyl (C=O) groups excluding carboxylic acids is 2. The predicted octanol–water partition coefficient (Wildman–Crippen LogP) is -0.239. The smallest absolute Gasteiger partial charge is 0.358 e. The lowest BCUT2D eigenvalue weighted by molar-refractivity contribution is -0.140. The summed E-state index contributed by atoms with van der Waals surface area (Å²) in [6, 6.07) is 0. The average Bonchev–Trinajstić information content (AvgIpc) is 2.83. The van der Waals surface area contributed by atoms with E-state index in [1.54, 1.807) is 13.8 Å². The van der Waals surface area contributed by atoms with Crippen LogP contribution in [0.2, 0.25) is 0 Å². The molecule has 2 amide bonds. The van der Waals surface area contributed by atoms with Crippen molar-refractivity contribution in [2.45, 2.75) is 26.8 Å². The van der Waals surface area contributed by atoms with Crippen LogP contribution in [-0.4, -0.2) is 49.3 Å². The lowest BCUT2D eigenvalue weighted by Gasteiger charge is -2.17. The second-order valence-electron chi connectivity index (χ2n) is 5.08. The van der Waals surface area contributed by atoms with Crippen LogP contribution < -0.4 is 0 Å². The first-order valence-electron chi connectivity index (χ1n) is 5.79. The summed E-state index contributed by atoms with van der Waals surface area (Å²) in [5.41, 5.74) is -0.828. The highest BCUT2D eigenvalue weighted by molar-refractivity contribution is 6.05. The minimum Gasteiger partial charge on any atom is -0.476 e. The number of imide groups is 1. The molecule has 0 saturated carbocycles. The van der Waals surface area contributed by atoms with Gasteiger partial charge < -0.3 is 5.11 Å². The van der Waals surface area contributed by atoms with E-state index < -0.39 is 11.4 Å². The van der Waals surface area contributed by atoms with Crippen molar-refractivity contribution in [1.82, 2.24) is 19.9 Å². The normalized spacial score (nSPS) is 18.1. The highest BCUT2D eigenvalue weighted by Crippen LogP contribution is 2.31. The molecular weight excluding hydrogens is 252 g/mol. The minimum atomic E-state index is -1.17. The molecule has 19 heavy (non-hydrogen) atoms. The summed E-state index contributed by atoms with van der Waals surface area (Å²) in [5.74, 6) is -1.59. The third-order valence-electron chi connectivity index (χ3n) is 3.03. The molecule has 0 aromatic carbocycles. The SMILES string of the molecule is CC1(C)CC(=O)N(CCn2cc(C(=O)O)nn2)C1=O. The third kappa shape index (κ3) is 2.47. The zero-order valence-electron chi connectivity index (χ0n) is 10.7. The van der Waals surface area contributed by atoms with Gasteiger partial charge in [0, 0.05) is 13.0 Å². The monoisotopic (exact) mass is 266 g/mol. The number of carboxylic acids is 1. The second kappa shape index (κ2) is 4.45. The number of carbonyl (C=O) groups is 3. The lowest BCUT2D eigenvalue weighted by Crippen LogP contribution is -2.35. The maximum atomic E-state index is 11.9. The van der Waals surface area contributed by atoms with E-state index in [0.29, 0.717) is 0 Å². The number of aromatic nitrogens is 3. The molecule has 0 atom stereocenters. The van der Waals surface area contributed by atoms with Crippen LogP contribution in [0, 0.1) is 5.41 Å². The molecule has 1 fully saturated rings. The quantitative estimate of drug-likeness (QED) is 0.754. The molecule has 1 aromatic heterocycles. The standard InChI is InChI=1S/C11H14N4O4/c1-11(2)5-8(16)15(10(11)19)4-3-14-6-7(9(17)18)12-13-14/h6H,3-5H2,1-2H3,(H,17,18). The van der Waals surface area contributed by atoms with Crippen LogP contribution in [0.25, 0.3) is 0 Å². The van der Waals surface area contributed by atoms with Gasteiger partial charge in [-0.2, -0.15) is 0 Å². The van der Waals surface area contributed by atoms with Crippen molar-refractivity contribution in [3.63, 3.8) is 0 Å². The number of carboxylic acid groups (broad SMARTS) is 1. The van der Waals surface area contributed by atoms with E-state index in [0.717, 1.165) is 0 Å². The number of aromatic carboxylic acids is 1. The van der Waals surface area contributed by atoms with Gasteiger partial charge in [0.05, 0.1) is 18.2 Å². The summed E-state index contributed by atoms with van der Waals surface area (Å²) in [5, 5.41) is 15.8. The van der Waals surface area contributed by atoms with Gasteiger partial charge in [-0.3, -0.25) is 14.5 Å². The number of likely N-dealkylation sites (tertiary alicyclic amines) is 1. The summed E-state index contributed by atoms with van der Waals surface area (Å²) in [4.78, 5) is 35.5. The summed E-state index contributed by atoms with van der Waals surface area (Å²) >= 11 is 0. The van der Waals surface area contributed by atoms with Gasteiger partial charge in [0.2, 0.25) is 11.8 Å². The third-order valence-corrected chi connectivity index (χ3v) is 3.03. The fourth-order valence-electron chi connectivity index (χ4n) is 1.96. The Morgan fingerprint density at radius 2 is 2.11 bits per heavy atom. The molecule has 2 heterocycles. The Bertz CT molecular complexity index is 549. The molecular formula is C11H14N4O4. The van der Waals surface area contributed by atoms with E-state index in [-0.39, 0.29) is 37.0 Å². The van der Waals surface area contributed by atoms with Gasteiger partial charge in [0.25, 0.3) is 0 Å². The Hall–Kier alpha value is -2.25. The van der Waals surface area contributed by atoms with E-state index in [1.165, 1.54) is 15.8 Å². The van der Waals surface area contributed by atoms with Crippen molar-refractivity contribution in [3.8, 4) is 0 Å². The second-order valence-corrected chi connectivity index (χ2v) is 5.08. The summed E-state index contributed by atoms with van der Waals surface area (Å²) in [7, 11) is 0. The molecule has 1 N–H and O–H groups in total. The first-order valence-corrected chi connectivity index (χ1v) is 5.79. The number of rotatable bonds is 4. The summed E-state index contributed by atoms with van der Waals surface area (Å²) < 4.78 is 1.30. The highest BCUT2D eigenvalue weighted by Gasteiger charge is 2.44. The molecule has 1 aliphatic rings. The Balaban J connectivity index is 2.01. The van der Waals surface area contributed by atoms with Crippen LogP contribution in [-0.2, 0) is 16.1 Å². The maximum absolute atomic E-state index is 11.9. The fourth-order valence-corrected chi connectivity index (χ4v) is 1.96. The molecule has 1 aromatic rings. The van der Waals surface area contributed by atoms with Crippen LogP contribution in [0.4, 0.5) is 0 Å². The maximum Gasteiger partial charge on any atom is 0.358 e. The van der Waals surface area contributed by atoms with Crippen molar-refractivity contribution < 1.29 is 19.5 Å². The largest absolute Gasteiger partial charge is 0.476 e. The van der Waals surface area contributed by atoms with Crippen LogP contribution in [0.1, 0.15) is 30.8 Å². The Kier molecular flexibility index (Phi) is 3.09. The molecule has 102 valence electrons. The molecule has 8 heteroatoms. The minimum absolute atomic E-state index is 0.167. The average molecular weight is 266 g/mol. The van der Waals surface area contributed by atoms with Gasteiger partial charge in [-0.15, -0.1) is 5.10 Å². The fraction of sp³-hybridized carbons (Fsp3) is 0.545. The van der Waals surface area contributed by atoms with Gasteiger partial charge in [-0.05, 0) is 0 Å². The number of hydrogen-bond donors (Lipinski definition) is 1. The van der Waals surface area contributed by atoms with Gasteiger partial charge in [0.15, 0.2) is 5.69 Å². The van der Waals surface area contributed by atoms with Crippen LogP contribution in [0.5, 0.6) is 0 Å². The van der Waals surface area contributed by atoms with Crippen LogP contribution in [0.3, 0.4) is 0 Å². The highest BCUT2D eigenvalue weighted by atomic mass is 16.4. The molecule has 1 saturated heterocycles. The molecule has 8 nitrogen and oxygen atoms in total. The van der Waals surface area contributed by atoms with E-state index in [4.69, 9.17) is 5.11 Å². The van der Waals surface area contributed by atoms with E-state index in [1.807, 2.05) is 0 Å². The van der Waals surface area contributed by atoms with Crippen LogP contribution in [0.15, 0.2) is 6.20 Å². The van der Waals surface area contributed by atoms with Crippen molar-refractivity contribution in [1.29, 1.82) is 0 Å². The van der Waals surface area contributed by atoms with Gasteiger partial charge >= 0.3 is 5.97 Å². The molecule has 0 radical (unpaired) electrons. The summed E-state index contributed by atoms with van der Waals surface area (Å²) in [6.45, 7) is 3.85. The number of nitrogens with zero attached hydrogens (tertiary/aromatic N) is 4. The molecule has 0 aliphatic carbocycles. The van der Waals surface area contributed by atoms with Crippen molar-refractivity contribution in [3.05, 3.63) is 11.9 Å². The predicted molar refractivity (Wildman–Crippen MR) is 62.1 cm³/mol. The van der Waals surface area contributed by atoms with Crippen molar-refractivity contribution >= 4 is 17.8 Å². The van der Waals surface area contributed by atoms with E-state index >= 15 is 0 Å². The van der Waals surface area contributed by atoms with E-state index in [9.17, 15) is 14.4 Å². The number of amides is 2. The zero-order chi connectivity index (χ0) is 14.2. The van der Waals surface area contributed by atoms with Gasteiger partial charge in [-0.1, -0.05) is 19.1 Å². The topological polar surface area (TPSA) is 105 Å². The van der Waals surface area contributed by atoms with Gasteiger partial charge in [0.1, 0.15) is 0 Å². The Morgan fingerprint density at radius 3 is 2.58 bits per heavy atom. The molecule has 2 rings (SSSR count). The van der Waals surface area contributed by atoms with E-state index in [2.05, 4.69) is 10.3 Å². The lowest BCUT2D eigenvalue weighted by atomic mass is 9.92. The molecule has 0 bridgehead atoms. The first-order chi connectivity index (χ1) is 8.81. The Morgan fingerprint density at radius 1 is 1.42 bits per heavy atom. The zero-order valence-corrected chi connectivity index (χ0v) is 10.7. The molecule has 0 spiro atoms. The Labute approximate surface area is 109 Å². The first kappa shape index (κ1) is 13.2. The van der Waals surface area contributed by atoms with Crippen molar-refractivity contribution in [2.24, 2.45) is 5.41 Å². The molecule has 0 unspecified atom stereocenters. The van der Waals surface area contributed by atoms with Crippen LogP contribution >= 0.6 is 0 Å². The van der Waals surface area contributed by atoms with Crippen molar-refractivity contribution in [2.75, 3.05) is 6.54 Å². The molecule has 1 aliphatic heterocycles.